The topological polar surface area (TPSA) is 57.2 Å². The maximum atomic E-state index is 11.8. The van der Waals surface area contributed by atoms with Gasteiger partial charge in [0.2, 0.25) is 0 Å². The number of carbonyl (C=O) groups is 1. The summed E-state index contributed by atoms with van der Waals surface area (Å²) in [5.74, 6) is 0. The molecule has 2 aromatic rings. The van der Waals surface area contributed by atoms with Gasteiger partial charge < -0.3 is 19.9 Å². The van der Waals surface area contributed by atoms with Gasteiger partial charge in [-0.1, -0.05) is 38.8 Å². The van der Waals surface area contributed by atoms with Gasteiger partial charge in [-0.25, -0.2) is 4.79 Å². The van der Waals surface area contributed by atoms with Crippen LogP contribution in [0.2, 0.25) is 0 Å². The Morgan fingerprint density at radius 3 is 1.86 bits per heavy atom. The summed E-state index contributed by atoms with van der Waals surface area (Å²) in [7, 11) is 8.36. The molecule has 2 aromatic carbocycles. The molecule has 0 radical (unpaired) electrons. The summed E-state index contributed by atoms with van der Waals surface area (Å²) in [5.41, 5.74) is 8.07. The number of amides is 1. The summed E-state index contributed by atoms with van der Waals surface area (Å²) in [6.07, 6.45) is 3.76. The zero-order chi connectivity index (χ0) is 27.4. The van der Waals surface area contributed by atoms with E-state index in [-0.39, 0.29) is 11.5 Å². The van der Waals surface area contributed by atoms with Crippen LogP contribution in [-0.4, -0.2) is 58.7 Å². The van der Waals surface area contributed by atoms with E-state index in [0.29, 0.717) is 6.54 Å². The fraction of sp³-hybridized carbons (Fsp3) is 0.548. The van der Waals surface area contributed by atoms with E-state index in [1.807, 2.05) is 20.8 Å². The minimum Gasteiger partial charge on any atom is -0.444 e. The summed E-state index contributed by atoms with van der Waals surface area (Å²) in [5, 5.41) is 2.84. The Balaban J connectivity index is 1.72. The maximum absolute atomic E-state index is 11.8. The molecule has 6 heteroatoms. The lowest BCUT2D eigenvalue weighted by Gasteiger charge is -2.37. The van der Waals surface area contributed by atoms with Crippen molar-refractivity contribution in [1.29, 1.82) is 0 Å². The fourth-order valence-electron chi connectivity index (χ4n) is 4.81. The van der Waals surface area contributed by atoms with Crippen LogP contribution < -0.4 is 15.1 Å². The lowest BCUT2D eigenvalue weighted by atomic mass is 9.68. The number of nitrogens with one attached hydrogen (secondary N) is 1. The zero-order valence-corrected chi connectivity index (χ0v) is 24.4. The van der Waals surface area contributed by atoms with Gasteiger partial charge in [0.25, 0.3) is 0 Å². The average molecular weight is 507 g/mol. The average Bonchev–Trinajstić information content (AvgIpc) is 2.80. The van der Waals surface area contributed by atoms with Gasteiger partial charge >= 0.3 is 6.09 Å². The Morgan fingerprint density at radius 1 is 0.865 bits per heavy atom. The molecular formula is C31H46N4O2. The molecule has 0 aromatic heterocycles. The minimum atomic E-state index is -0.461. The Morgan fingerprint density at radius 2 is 1.38 bits per heavy atom. The second-order valence-corrected chi connectivity index (χ2v) is 11.9. The number of nitrogens with zero attached hydrogens (tertiary/aromatic N) is 3. The van der Waals surface area contributed by atoms with Crippen molar-refractivity contribution < 1.29 is 9.53 Å². The van der Waals surface area contributed by atoms with Crippen molar-refractivity contribution in [2.24, 2.45) is 4.99 Å². The van der Waals surface area contributed by atoms with Gasteiger partial charge in [0.05, 0.1) is 5.71 Å². The second kappa shape index (κ2) is 11.6. The number of hydrogen-bond donors (Lipinski definition) is 1. The fourth-order valence-corrected chi connectivity index (χ4v) is 4.81. The first-order valence-electron chi connectivity index (χ1n) is 13.5. The van der Waals surface area contributed by atoms with Crippen molar-refractivity contribution in [3.8, 4) is 0 Å². The number of carbonyl (C=O) groups excluding carboxylic acids is 1. The number of aliphatic imine (C=N–C) groups is 1. The molecule has 37 heavy (non-hydrogen) atoms. The zero-order valence-electron chi connectivity index (χ0n) is 24.4. The Bertz CT molecular complexity index is 1060. The molecule has 0 aliphatic heterocycles. The molecule has 1 N–H and O–H groups in total. The van der Waals surface area contributed by atoms with Crippen molar-refractivity contribution in [3.63, 3.8) is 0 Å². The van der Waals surface area contributed by atoms with Crippen molar-refractivity contribution in [1.82, 2.24) is 5.32 Å². The molecule has 0 saturated carbocycles. The molecule has 0 fully saturated rings. The molecule has 0 heterocycles. The summed E-state index contributed by atoms with van der Waals surface area (Å²) in [4.78, 5) is 21.3. The first-order valence-corrected chi connectivity index (χ1v) is 13.5. The first kappa shape index (κ1) is 28.5. The molecule has 1 amide bonds. The number of anilines is 2. The molecule has 3 rings (SSSR count). The number of ether oxygens (including phenoxy) is 1. The Hall–Kier alpha value is -3.02. The molecule has 0 bridgehead atoms. The van der Waals surface area contributed by atoms with Gasteiger partial charge in [-0.2, -0.15) is 0 Å². The van der Waals surface area contributed by atoms with E-state index < -0.39 is 5.60 Å². The van der Waals surface area contributed by atoms with E-state index in [0.717, 1.165) is 37.9 Å². The van der Waals surface area contributed by atoms with E-state index in [2.05, 4.69) is 93.6 Å². The summed E-state index contributed by atoms with van der Waals surface area (Å²) in [6, 6.07) is 13.5. The number of fused-ring (bicyclic) bond motifs is 2. The van der Waals surface area contributed by atoms with Crippen LogP contribution in [0.15, 0.2) is 41.4 Å². The highest BCUT2D eigenvalue weighted by atomic mass is 16.6. The first-order chi connectivity index (χ1) is 17.3. The SMILES string of the molecule is CN(C)c1ccc2c(c1)C(C)(C)c1cc(N(C)C)ccc1C2=NCCCCCCNC(=O)OC(C)(C)C. The van der Waals surface area contributed by atoms with Gasteiger partial charge in [-0.3, -0.25) is 4.99 Å². The molecule has 0 spiro atoms. The molecule has 0 saturated heterocycles. The highest BCUT2D eigenvalue weighted by Gasteiger charge is 2.36. The van der Waals surface area contributed by atoms with Crippen molar-refractivity contribution in [2.75, 3.05) is 51.1 Å². The van der Waals surface area contributed by atoms with E-state index in [1.54, 1.807) is 0 Å². The molecule has 1 aliphatic carbocycles. The van der Waals surface area contributed by atoms with Crippen LogP contribution >= 0.6 is 0 Å². The van der Waals surface area contributed by atoms with Crippen LogP contribution in [0.25, 0.3) is 0 Å². The monoisotopic (exact) mass is 506 g/mol. The molecule has 202 valence electrons. The van der Waals surface area contributed by atoms with Crippen molar-refractivity contribution >= 4 is 23.2 Å². The number of hydrogen-bond acceptors (Lipinski definition) is 5. The van der Waals surface area contributed by atoms with Gasteiger partial charge in [-0.15, -0.1) is 0 Å². The Kier molecular flexibility index (Phi) is 8.93. The third-order valence-corrected chi connectivity index (χ3v) is 6.92. The summed E-state index contributed by atoms with van der Waals surface area (Å²) in [6.45, 7) is 11.7. The van der Waals surface area contributed by atoms with Crippen LogP contribution in [0.4, 0.5) is 16.2 Å². The molecule has 1 aliphatic rings. The number of rotatable bonds is 9. The second-order valence-electron chi connectivity index (χ2n) is 11.9. The predicted molar refractivity (Wildman–Crippen MR) is 157 cm³/mol. The maximum Gasteiger partial charge on any atom is 0.407 e. The van der Waals surface area contributed by atoms with Crippen LogP contribution in [-0.2, 0) is 10.2 Å². The minimum absolute atomic E-state index is 0.122. The largest absolute Gasteiger partial charge is 0.444 e. The lowest BCUT2D eigenvalue weighted by Crippen LogP contribution is -2.32. The van der Waals surface area contributed by atoms with Crippen LogP contribution in [0.5, 0.6) is 0 Å². The molecular weight excluding hydrogens is 460 g/mol. The van der Waals surface area contributed by atoms with E-state index in [4.69, 9.17) is 9.73 Å². The van der Waals surface area contributed by atoms with Gasteiger partial charge in [-0.05, 0) is 69.0 Å². The van der Waals surface area contributed by atoms with Crippen LogP contribution in [0, 0.1) is 0 Å². The van der Waals surface area contributed by atoms with Crippen molar-refractivity contribution in [2.45, 2.75) is 71.3 Å². The quantitative estimate of drug-likeness (QED) is 0.401. The van der Waals surface area contributed by atoms with Gasteiger partial charge in [0.15, 0.2) is 0 Å². The van der Waals surface area contributed by atoms with Crippen LogP contribution in [0.1, 0.15) is 82.6 Å². The van der Waals surface area contributed by atoms with Crippen molar-refractivity contribution in [3.05, 3.63) is 58.7 Å². The van der Waals surface area contributed by atoms with Crippen LogP contribution in [0.3, 0.4) is 0 Å². The van der Waals surface area contributed by atoms with Gasteiger partial charge in [0, 0.05) is 69.2 Å². The van der Waals surface area contributed by atoms with Gasteiger partial charge in [0.1, 0.15) is 5.60 Å². The molecule has 0 unspecified atom stereocenters. The lowest BCUT2D eigenvalue weighted by molar-refractivity contribution is 0.0527. The predicted octanol–water partition coefficient (Wildman–Crippen LogP) is 6.38. The molecule has 0 atom stereocenters. The Labute approximate surface area is 224 Å². The van der Waals surface area contributed by atoms with E-state index in [1.165, 1.54) is 33.6 Å². The number of unbranched alkanes of at least 4 members (excludes halogenated alkanes) is 3. The summed E-state index contributed by atoms with van der Waals surface area (Å²) < 4.78 is 5.29. The molecule has 6 nitrogen and oxygen atoms in total. The smallest absolute Gasteiger partial charge is 0.407 e. The third kappa shape index (κ3) is 7.06. The summed E-state index contributed by atoms with van der Waals surface area (Å²) >= 11 is 0. The highest BCUT2D eigenvalue weighted by Crippen LogP contribution is 2.44. The highest BCUT2D eigenvalue weighted by molar-refractivity contribution is 6.17. The number of alkyl carbamates (subject to hydrolysis) is 1. The standard InChI is InChI=1S/C31H46N4O2/c1-30(2,3)37-29(36)33-19-13-11-10-12-18-32-28-24-16-14-22(34(6)7)20-26(24)31(4,5)27-21-23(35(8)9)15-17-25(27)28/h14-17,20-21H,10-13,18-19H2,1-9H3,(H,33,36). The normalized spacial score (nSPS) is 13.9. The van der Waals surface area contributed by atoms with E-state index >= 15 is 0 Å². The third-order valence-electron chi connectivity index (χ3n) is 6.92. The van der Waals surface area contributed by atoms with E-state index in [9.17, 15) is 4.79 Å². The number of benzene rings is 2.